The normalized spacial score (nSPS) is 12.4. The highest BCUT2D eigenvalue weighted by Crippen LogP contribution is 2.42. The topological polar surface area (TPSA) is 9.34 Å². The minimum atomic E-state index is 1.19. The molecule has 0 spiro atoms. The van der Waals surface area contributed by atoms with E-state index in [-0.39, 0.29) is 0 Å². The molecule has 0 amide bonds. The molecule has 41 heavy (non-hydrogen) atoms. The first-order valence-corrected chi connectivity index (χ1v) is 14.9. The third-order valence-electron chi connectivity index (χ3n) is 8.92. The van der Waals surface area contributed by atoms with Crippen molar-refractivity contribution < 1.29 is 0 Å². The van der Waals surface area contributed by atoms with Gasteiger partial charge in [0.25, 0.3) is 0 Å². The summed E-state index contributed by atoms with van der Waals surface area (Å²) >= 11 is 1.83. The lowest BCUT2D eigenvalue weighted by molar-refractivity contribution is 1.19. The van der Waals surface area contributed by atoms with Gasteiger partial charge in [0.1, 0.15) is 4.83 Å². The standard InChI is InChI=1S/C38H22N2S/c1-2-7-24-20-27(15-12-23(24)6-1)39-34-11-4-3-8-28(34)32-21-25(13-16-35(32)39)26-14-17-36-33(22-26)30-10-5-9-29-31-18-19-41-38(31)40(36)37(29)30/h1-22H. The lowest BCUT2D eigenvalue weighted by atomic mass is 10.00. The summed E-state index contributed by atoms with van der Waals surface area (Å²) in [5.74, 6) is 0. The number of para-hydroxylation sites is 2. The van der Waals surface area contributed by atoms with E-state index in [1.54, 1.807) is 0 Å². The van der Waals surface area contributed by atoms with Crippen LogP contribution in [0.1, 0.15) is 0 Å². The van der Waals surface area contributed by atoms with Gasteiger partial charge in [-0.25, -0.2) is 0 Å². The van der Waals surface area contributed by atoms with Crippen molar-refractivity contribution in [1.29, 1.82) is 0 Å². The van der Waals surface area contributed by atoms with E-state index in [0.29, 0.717) is 0 Å². The molecule has 10 aromatic rings. The van der Waals surface area contributed by atoms with Gasteiger partial charge in [-0.1, -0.05) is 78.9 Å². The van der Waals surface area contributed by atoms with E-state index >= 15 is 0 Å². The molecule has 0 aliphatic rings. The van der Waals surface area contributed by atoms with Crippen molar-refractivity contribution in [2.24, 2.45) is 0 Å². The average molecular weight is 539 g/mol. The summed E-state index contributed by atoms with van der Waals surface area (Å²) in [6.45, 7) is 0. The number of hydrogen-bond acceptors (Lipinski definition) is 1. The Morgan fingerprint density at radius 3 is 2.00 bits per heavy atom. The van der Waals surface area contributed by atoms with Crippen molar-refractivity contribution in [2.45, 2.75) is 0 Å². The molecule has 190 valence electrons. The van der Waals surface area contributed by atoms with Crippen LogP contribution < -0.4 is 0 Å². The maximum Gasteiger partial charge on any atom is 0.108 e. The van der Waals surface area contributed by atoms with Crippen LogP contribution in [0.5, 0.6) is 0 Å². The first-order valence-electron chi connectivity index (χ1n) is 14.0. The smallest absolute Gasteiger partial charge is 0.108 e. The van der Waals surface area contributed by atoms with Crippen molar-refractivity contribution in [2.75, 3.05) is 0 Å². The van der Waals surface area contributed by atoms with Crippen LogP contribution in [0.4, 0.5) is 0 Å². The number of aromatic nitrogens is 2. The van der Waals surface area contributed by atoms with E-state index in [1.165, 1.54) is 86.8 Å². The van der Waals surface area contributed by atoms with Gasteiger partial charge in [0.15, 0.2) is 0 Å². The third-order valence-corrected chi connectivity index (χ3v) is 9.82. The molecule has 6 aromatic carbocycles. The summed E-state index contributed by atoms with van der Waals surface area (Å²) in [5.41, 5.74) is 8.77. The number of thiophene rings is 1. The minimum Gasteiger partial charge on any atom is -0.309 e. The van der Waals surface area contributed by atoms with Crippen molar-refractivity contribution in [3.8, 4) is 16.8 Å². The number of fused-ring (bicyclic) bond motifs is 10. The molecule has 0 bridgehead atoms. The van der Waals surface area contributed by atoms with Gasteiger partial charge < -0.3 is 4.57 Å². The van der Waals surface area contributed by atoms with Crippen LogP contribution in [0.3, 0.4) is 0 Å². The van der Waals surface area contributed by atoms with Gasteiger partial charge in [-0.15, -0.1) is 11.3 Å². The van der Waals surface area contributed by atoms with E-state index in [9.17, 15) is 0 Å². The molecular formula is C38H22N2S. The largest absolute Gasteiger partial charge is 0.309 e. The van der Waals surface area contributed by atoms with Crippen molar-refractivity contribution in [1.82, 2.24) is 8.97 Å². The molecule has 0 atom stereocenters. The molecule has 2 nitrogen and oxygen atoms in total. The number of nitrogens with zero attached hydrogens (tertiary/aromatic N) is 2. The maximum absolute atomic E-state index is 2.46. The fraction of sp³-hybridized carbons (Fsp3) is 0. The summed E-state index contributed by atoms with van der Waals surface area (Å²) in [6, 6.07) is 47.1. The second-order valence-electron chi connectivity index (χ2n) is 11.0. The van der Waals surface area contributed by atoms with Crippen LogP contribution in [0.2, 0.25) is 0 Å². The highest BCUT2D eigenvalue weighted by atomic mass is 32.1. The molecule has 0 aliphatic carbocycles. The highest BCUT2D eigenvalue weighted by Gasteiger charge is 2.19. The molecule has 0 aliphatic heterocycles. The van der Waals surface area contributed by atoms with Crippen molar-refractivity contribution >= 4 is 81.3 Å². The Morgan fingerprint density at radius 2 is 1.12 bits per heavy atom. The zero-order valence-corrected chi connectivity index (χ0v) is 22.8. The Bertz CT molecular complexity index is 2650. The predicted octanol–water partition coefficient (Wildman–Crippen LogP) is 10.8. The quantitative estimate of drug-likeness (QED) is 0.207. The molecule has 4 heterocycles. The SMILES string of the molecule is c1ccc2cc(-n3c4ccccc4c4cc(-c5ccc6c(c5)c5cccc7c8ccsc8n6c57)ccc43)ccc2c1. The summed E-state index contributed by atoms with van der Waals surface area (Å²) in [4.78, 5) is 1.34. The second-order valence-corrected chi connectivity index (χ2v) is 11.9. The number of rotatable bonds is 2. The monoisotopic (exact) mass is 538 g/mol. The summed E-state index contributed by atoms with van der Waals surface area (Å²) in [5, 5.41) is 12.6. The molecule has 0 N–H and O–H groups in total. The van der Waals surface area contributed by atoms with Gasteiger partial charge in [-0.3, -0.25) is 4.40 Å². The van der Waals surface area contributed by atoms with Gasteiger partial charge in [-0.05, 0) is 75.8 Å². The van der Waals surface area contributed by atoms with Crippen LogP contribution in [0, 0.1) is 0 Å². The molecule has 10 rings (SSSR count). The Morgan fingerprint density at radius 1 is 0.439 bits per heavy atom. The zero-order chi connectivity index (χ0) is 26.7. The van der Waals surface area contributed by atoms with E-state index in [2.05, 4.69) is 142 Å². The van der Waals surface area contributed by atoms with Crippen LogP contribution in [-0.4, -0.2) is 8.97 Å². The van der Waals surface area contributed by atoms with E-state index in [0.717, 1.165) is 0 Å². The predicted molar refractivity (Wildman–Crippen MR) is 176 cm³/mol. The number of hydrogen-bond donors (Lipinski definition) is 0. The molecule has 4 aromatic heterocycles. The van der Waals surface area contributed by atoms with Gasteiger partial charge in [0, 0.05) is 38.0 Å². The maximum atomic E-state index is 2.46. The summed E-state index contributed by atoms with van der Waals surface area (Å²) < 4.78 is 4.87. The van der Waals surface area contributed by atoms with E-state index in [4.69, 9.17) is 0 Å². The Labute approximate surface area is 239 Å². The van der Waals surface area contributed by atoms with Crippen LogP contribution in [-0.2, 0) is 0 Å². The first-order chi connectivity index (χ1) is 20.3. The summed E-state index contributed by atoms with van der Waals surface area (Å²) in [6.07, 6.45) is 0. The molecule has 3 heteroatoms. The first kappa shape index (κ1) is 21.7. The van der Waals surface area contributed by atoms with Gasteiger partial charge in [0.05, 0.1) is 22.1 Å². The summed E-state index contributed by atoms with van der Waals surface area (Å²) in [7, 11) is 0. The van der Waals surface area contributed by atoms with Crippen LogP contribution >= 0.6 is 11.3 Å². The van der Waals surface area contributed by atoms with E-state index in [1.807, 2.05) is 11.3 Å². The Kier molecular flexibility index (Phi) is 4.10. The van der Waals surface area contributed by atoms with Crippen LogP contribution in [0.25, 0.3) is 86.8 Å². The minimum absolute atomic E-state index is 1.19. The Hall–Kier alpha value is -5.12. The number of benzene rings is 6. The molecule has 0 saturated carbocycles. The van der Waals surface area contributed by atoms with Crippen LogP contribution in [0.15, 0.2) is 133 Å². The molecular weight excluding hydrogens is 516 g/mol. The zero-order valence-electron chi connectivity index (χ0n) is 22.0. The highest BCUT2D eigenvalue weighted by molar-refractivity contribution is 7.17. The second kappa shape index (κ2) is 7.75. The lowest BCUT2D eigenvalue weighted by Gasteiger charge is -2.10. The molecule has 0 saturated heterocycles. The Balaban J connectivity index is 1.21. The molecule has 0 radical (unpaired) electrons. The fourth-order valence-corrected chi connectivity index (χ4v) is 8.04. The van der Waals surface area contributed by atoms with Gasteiger partial charge >= 0.3 is 0 Å². The molecule has 0 fully saturated rings. The van der Waals surface area contributed by atoms with Gasteiger partial charge in [0.2, 0.25) is 0 Å². The van der Waals surface area contributed by atoms with Crippen molar-refractivity contribution in [3.05, 3.63) is 133 Å². The van der Waals surface area contributed by atoms with E-state index < -0.39 is 0 Å². The van der Waals surface area contributed by atoms with Gasteiger partial charge in [-0.2, -0.15) is 0 Å². The fourth-order valence-electron chi connectivity index (χ4n) is 7.10. The average Bonchev–Trinajstić information content (AvgIpc) is 3.78. The third kappa shape index (κ3) is 2.81. The molecule has 0 unspecified atom stereocenters. The van der Waals surface area contributed by atoms with Crippen molar-refractivity contribution in [3.63, 3.8) is 0 Å². The lowest BCUT2D eigenvalue weighted by Crippen LogP contribution is -1.93.